The monoisotopic (exact) mass is 322 g/mol. The first-order chi connectivity index (χ1) is 11.0. The lowest BCUT2D eigenvalue weighted by Crippen LogP contribution is -2.45. The minimum Gasteiger partial charge on any atom is -0.337 e. The van der Waals surface area contributed by atoms with Gasteiger partial charge in [-0.15, -0.1) is 0 Å². The summed E-state index contributed by atoms with van der Waals surface area (Å²) in [4.78, 5) is 12.1. The Morgan fingerprint density at radius 2 is 1.96 bits per heavy atom. The number of urea groups is 1. The Hall–Kier alpha value is -1.65. The van der Waals surface area contributed by atoms with E-state index in [9.17, 15) is 13.6 Å². The SMILES string of the molecule is CC1CC1(CNC(=O)NC1CCCCC1)c1ccc(F)cc1F. The Labute approximate surface area is 135 Å². The molecule has 2 fully saturated rings. The molecule has 2 N–H and O–H groups in total. The maximum absolute atomic E-state index is 14.1. The molecule has 5 heteroatoms. The lowest BCUT2D eigenvalue weighted by molar-refractivity contribution is 0.231. The van der Waals surface area contributed by atoms with Crippen LogP contribution in [0, 0.1) is 17.6 Å². The minimum absolute atomic E-state index is 0.183. The maximum atomic E-state index is 14.1. The van der Waals surface area contributed by atoms with Crippen molar-refractivity contribution in [2.75, 3.05) is 6.54 Å². The van der Waals surface area contributed by atoms with Gasteiger partial charge in [0.25, 0.3) is 0 Å². The summed E-state index contributed by atoms with van der Waals surface area (Å²) < 4.78 is 27.2. The highest BCUT2D eigenvalue weighted by Crippen LogP contribution is 2.54. The standard InChI is InChI=1S/C18H24F2N2O/c1-12-10-18(12,15-8-7-13(19)9-16(15)20)11-21-17(23)22-14-5-3-2-4-6-14/h7-9,12,14H,2-6,10-11H2,1H3,(H2,21,22,23). The highest BCUT2D eigenvalue weighted by atomic mass is 19.1. The van der Waals surface area contributed by atoms with Gasteiger partial charge in [0.05, 0.1) is 0 Å². The molecule has 0 aromatic heterocycles. The summed E-state index contributed by atoms with van der Waals surface area (Å²) in [6, 6.07) is 3.78. The Morgan fingerprint density at radius 1 is 1.26 bits per heavy atom. The van der Waals surface area contributed by atoms with Crippen molar-refractivity contribution in [1.82, 2.24) is 10.6 Å². The van der Waals surface area contributed by atoms with Crippen molar-refractivity contribution in [3.05, 3.63) is 35.4 Å². The third-order valence-corrected chi connectivity index (χ3v) is 5.43. The average molecular weight is 322 g/mol. The summed E-state index contributed by atoms with van der Waals surface area (Å²) >= 11 is 0. The number of hydrogen-bond acceptors (Lipinski definition) is 1. The van der Waals surface area contributed by atoms with Gasteiger partial charge in [-0.25, -0.2) is 13.6 Å². The van der Waals surface area contributed by atoms with Crippen LogP contribution in [0.1, 0.15) is 51.0 Å². The van der Waals surface area contributed by atoms with Crippen molar-refractivity contribution >= 4 is 6.03 Å². The smallest absolute Gasteiger partial charge is 0.315 e. The number of carbonyl (C=O) groups excluding carboxylic acids is 1. The first-order valence-electron chi connectivity index (χ1n) is 8.51. The van der Waals surface area contributed by atoms with Crippen LogP contribution in [-0.2, 0) is 5.41 Å². The van der Waals surface area contributed by atoms with Crippen LogP contribution >= 0.6 is 0 Å². The largest absolute Gasteiger partial charge is 0.337 e. The van der Waals surface area contributed by atoms with Gasteiger partial charge in [0.2, 0.25) is 0 Å². The van der Waals surface area contributed by atoms with E-state index in [4.69, 9.17) is 0 Å². The van der Waals surface area contributed by atoms with Gasteiger partial charge in [0.15, 0.2) is 0 Å². The number of rotatable bonds is 4. The summed E-state index contributed by atoms with van der Waals surface area (Å²) in [6.07, 6.45) is 6.42. The Morgan fingerprint density at radius 3 is 2.57 bits per heavy atom. The molecule has 3 rings (SSSR count). The van der Waals surface area contributed by atoms with Crippen LogP contribution in [-0.4, -0.2) is 18.6 Å². The van der Waals surface area contributed by atoms with E-state index in [1.807, 2.05) is 6.92 Å². The Bertz CT molecular complexity index is 586. The molecule has 2 unspecified atom stereocenters. The van der Waals surface area contributed by atoms with E-state index >= 15 is 0 Å². The molecule has 2 saturated carbocycles. The van der Waals surface area contributed by atoms with Crippen LogP contribution in [0.3, 0.4) is 0 Å². The third-order valence-electron chi connectivity index (χ3n) is 5.43. The molecule has 0 heterocycles. The van der Waals surface area contributed by atoms with Gasteiger partial charge >= 0.3 is 6.03 Å². The first kappa shape index (κ1) is 16.2. The predicted molar refractivity (Wildman–Crippen MR) is 85.2 cm³/mol. The van der Waals surface area contributed by atoms with Crippen LogP contribution in [0.15, 0.2) is 18.2 Å². The number of carbonyl (C=O) groups is 1. The van der Waals surface area contributed by atoms with Crippen molar-refractivity contribution in [2.45, 2.75) is 56.9 Å². The second kappa shape index (κ2) is 6.46. The van der Waals surface area contributed by atoms with Gasteiger partial charge in [-0.3, -0.25) is 0 Å². The van der Waals surface area contributed by atoms with Gasteiger partial charge in [-0.2, -0.15) is 0 Å². The molecule has 2 amide bonds. The molecular weight excluding hydrogens is 298 g/mol. The molecule has 2 aliphatic rings. The van der Waals surface area contributed by atoms with Gasteiger partial charge < -0.3 is 10.6 Å². The fraction of sp³-hybridized carbons (Fsp3) is 0.611. The second-order valence-electron chi connectivity index (χ2n) is 7.05. The summed E-state index contributed by atoms with van der Waals surface area (Å²) in [7, 11) is 0. The zero-order chi connectivity index (χ0) is 16.4. The van der Waals surface area contributed by atoms with E-state index < -0.39 is 17.0 Å². The summed E-state index contributed by atoms with van der Waals surface area (Å²) in [6.45, 7) is 2.42. The predicted octanol–water partition coefficient (Wildman–Crippen LogP) is 3.87. The minimum atomic E-state index is -0.572. The van der Waals surface area contributed by atoms with E-state index in [1.54, 1.807) is 0 Å². The van der Waals surface area contributed by atoms with Crippen molar-refractivity contribution in [3.63, 3.8) is 0 Å². The van der Waals surface area contributed by atoms with E-state index in [0.717, 1.165) is 38.2 Å². The van der Waals surface area contributed by atoms with Gasteiger partial charge in [0, 0.05) is 24.1 Å². The van der Waals surface area contributed by atoms with E-state index in [0.29, 0.717) is 12.1 Å². The quantitative estimate of drug-likeness (QED) is 0.868. The van der Waals surface area contributed by atoms with Crippen LogP contribution in [0.2, 0.25) is 0 Å². The van der Waals surface area contributed by atoms with Crippen LogP contribution in [0.4, 0.5) is 13.6 Å². The van der Waals surface area contributed by atoms with Gasteiger partial charge in [-0.05, 0) is 36.8 Å². The number of amides is 2. The number of nitrogens with one attached hydrogen (secondary N) is 2. The van der Waals surface area contributed by atoms with Crippen LogP contribution in [0.25, 0.3) is 0 Å². The topological polar surface area (TPSA) is 41.1 Å². The fourth-order valence-electron chi connectivity index (χ4n) is 3.82. The number of halogens is 2. The van der Waals surface area contributed by atoms with E-state index in [1.165, 1.54) is 18.6 Å². The highest BCUT2D eigenvalue weighted by Gasteiger charge is 2.53. The molecule has 2 aliphatic carbocycles. The molecule has 1 aromatic rings. The highest BCUT2D eigenvalue weighted by molar-refractivity contribution is 5.74. The molecule has 23 heavy (non-hydrogen) atoms. The summed E-state index contributed by atoms with van der Waals surface area (Å²) in [5, 5.41) is 5.90. The number of benzene rings is 1. The third kappa shape index (κ3) is 3.48. The molecule has 126 valence electrons. The molecule has 0 bridgehead atoms. The molecule has 0 aliphatic heterocycles. The molecular formula is C18H24F2N2O. The molecule has 2 atom stereocenters. The molecule has 1 aromatic carbocycles. The van der Waals surface area contributed by atoms with Crippen LogP contribution in [0.5, 0.6) is 0 Å². The second-order valence-corrected chi connectivity index (χ2v) is 7.05. The Balaban J connectivity index is 1.60. The van der Waals surface area contributed by atoms with Crippen molar-refractivity contribution in [2.24, 2.45) is 5.92 Å². The van der Waals surface area contributed by atoms with E-state index in [-0.39, 0.29) is 18.0 Å². The summed E-state index contributed by atoms with van der Waals surface area (Å²) in [5.41, 5.74) is 0.103. The molecule has 0 saturated heterocycles. The lowest BCUT2D eigenvalue weighted by atomic mass is 9.92. The molecule has 0 radical (unpaired) electrons. The van der Waals surface area contributed by atoms with Crippen LogP contribution < -0.4 is 10.6 Å². The van der Waals surface area contributed by atoms with Gasteiger partial charge in [-0.1, -0.05) is 32.3 Å². The Kier molecular flexibility index (Phi) is 4.55. The lowest BCUT2D eigenvalue weighted by Gasteiger charge is -2.24. The van der Waals surface area contributed by atoms with Gasteiger partial charge in [0.1, 0.15) is 11.6 Å². The van der Waals surface area contributed by atoms with Crippen molar-refractivity contribution < 1.29 is 13.6 Å². The maximum Gasteiger partial charge on any atom is 0.315 e. The molecule has 0 spiro atoms. The zero-order valence-electron chi connectivity index (χ0n) is 13.5. The fourth-order valence-corrected chi connectivity index (χ4v) is 3.82. The average Bonchev–Trinajstić information content (AvgIpc) is 3.17. The summed E-state index contributed by atoms with van der Waals surface area (Å²) in [5.74, 6) is -0.820. The van der Waals surface area contributed by atoms with Crippen molar-refractivity contribution in [3.8, 4) is 0 Å². The zero-order valence-corrected chi connectivity index (χ0v) is 13.5. The first-order valence-corrected chi connectivity index (χ1v) is 8.51. The molecule has 3 nitrogen and oxygen atoms in total. The van der Waals surface area contributed by atoms with E-state index in [2.05, 4.69) is 10.6 Å². The normalized spacial score (nSPS) is 27.5. The van der Waals surface area contributed by atoms with Crippen molar-refractivity contribution in [1.29, 1.82) is 0 Å². The number of hydrogen-bond donors (Lipinski definition) is 2.